The zero-order valence-electron chi connectivity index (χ0n) is 47.2. The second kappa shape index (κ2) is 30.9. The monoisotopic (exact) mass is 1190 g/mol. The Balaban J connectivity index is 1.06. The zero-order valence-corrected chi connectivity index (χ0v) is 48.9. The first kappa shape index (κ1) is 65.0. The maximum absolute atomic E-state index is 14.5. The molecule has 2 aliphatic heterocycles. The van der Waals surface area contributed by atoms with E-state index in [1.54, 1.807) is 63.2 Å². The Hall–Kier alpha value is -7.19. The molecule has 0 bridgehead atoms. The normalized spacial score (nSPS) is 16.8. The van der Waals surface area contributed by atoms with Gasteiger partial charge in [-0.05, 0) is 152 Å². The molecule has 0 aliphatic carbocycles. The predicted octanol–water partition coefficient (Wildman–Crippen LogP) is 2.62. The third-order valence-corrected chi connectivity index (χ3v) is 18.6. The van der Waals surface area contributed by atoms with Crippen LogP contribution in [0.3, 0.4) is 0 Å². The van der Waals surface area contributed by atoms with Crippen LogP contribution >= 0.6 is 0 Å². The van der Waals surface area contributed by atoms with Gasteiger partial charge in [-0.1, -0.05) is 60.7 Å². The van der Waals surface area contributed by atoms with Gasteiger partial charge >= 0.3 is 11.8 Å². The second-order valence-electron chi connectivity index (χ2n) is 20.6. The third-order valence-electron chi connectivity index (χ3n) is 14.9. The summed E-state index contributed by atoms with van der Waals surface area (Å²) in [6.45, 7) is 3.05. The number of nitrogens with one attached hydrogen (secondary N) is 6. The lowest BCUT2D eigenvalue weighted by Gasteiger charge is -2.33. The van der Waals surface area contributed by atoms with E-state index in [-0.39, 0.29) is 94.1 Å². The van der Waals surface area contributed by atoms with Gasteiger partial charge in [0.15, 0.2) is 0 Å². The number of halogens is 2. The van der Waals surface area contributed by atoms with E-state index < -0.39 is 109 Å². The van der Waals surface area contributed by atoms with Crippen molar-refractivity contribution in [3.63, 3.8) is 0 Å². The molecular weight excluding hydrogens is 1110 g/mol. The lowest BCUT2D eigenvalue weighted by molar-refractivity contribution is -0.143. The zero-order chi connectivity index (χ0) is 60.3. The molecule has 25 heteroatoms. The minimum absolute atomic E-state index is 0.0320. The SMILES string of the molecule is CN[C@@H](C)C(=O)N[C@@H](CCCNC(=O)C(=O)NCCC[C@H](NC(=O)[C@H](C)NC)C(=O)N1CCC[C@H]1C(=O)N(CCc1ccccc1)S(=O)(=O)c1ccc(F)cc1)C(=O)N1CCC[C@H]1CN(CCc1ccccc1)S(=O)(=O)c1ccc(F)cc1. The summed E-state index contributed by atoms with van der Waals surface area (Å²) in [5.41, 5.74) is 1.64. The molecule has 2 fully saturated rings. The molecule has 83 heavy (non-hydrogen) atoms. The first-order valence-electron chi connectivity index (χ1n) is 27.9. The average Bonchev–Trinajstić information content (AvgIpc) is 4.21. The van der Waals surface area contributed by atoms with Gasteiger partial charge in [0.1, 0.15) is 29.8 Å². The van der Waals surface area contributed by atoms with Crippen molar-refractivity contribution in [1.82, 2.24) is 50.3 Å². The summed E-state index contributed by atoms with van der Waals surface area (Å²) in [7, 11) is -5.56. The van der Waals surface area contributed by atoms with Crippen LogP contribution in [0, 0.1) is 11.6 Å². The Morgan fingerprint density at radius 1 is 0.578 bits per heavy atom. The summed E-state index contributed by atoms with van der Waals surface area (Å²) in [6, 6.07) is 21.2. The van der Waals surface area contributed by atoms with Crippen LogP contribution in [0.1, 0.15) is 76.3 Å². The number of amides is 7. The molecule has 6 N–H and O–H groups in total. The highest BCUT2D eigenvalue weighted by Gasteiger charge is 2.43. The van der Waals surface area contributed by atoms with Crippen LogP contribution in [0.5, 0.6) is 0 Å². The number of hydrogen-bond donors (Lipinski definition) is 6. The lowest BCUT2D eigenvalue weighted by Crippen LogP contribution is -2.56. The molecule has 4 aromatic carbocycles. The van der Waals surface area contributed by atoms with Crippen LogP contribution in [-0.4, -0.2) is 173 Å². The fraction of sp³-hybridized carbons (Fsp3) is 0.466. The highest BCUT2D eigenvalue weighted by molar-refractivity contribution is 7.89. The molecular formula is C58H76F2N10O11S2. The number of carbonyl (C=O) groups excluding carboxylic acids is 7. The van der Waals surface area contributed by atoms with Gasteiger partial charge in [0.05, 0.1) is 21.9 Å². The van der Waals surface area contributed by atoms with Crippen LogP contribution in [-0.2, 0) is 66.4 Å². The molecule has 4 aromatic rings. The van der Waals surface area contributed by atoms with Crippen molar-refractivity contribution in [3.8, 4) is 0 Å². The molecule has 450 valence electrons. The van der Waals surface area contributed by atoms with Gasteiger partial charge in [-0.25, -0.2) is 29.9 Å². The van der Waals surface area contributed by atoms with Crippen molar-refractivity contribution in [2.75, 3.05) is 59.9 Å². The maximum Gasteiger partial charge on any atom is 0.309 e. The Bertz CT molecular complexity index is 3080. The van der Waals surface area contributed by atoms with Crippen LogP contribution in [0.2, 0.25) is 0 Å². The number of carbonyl (C=O) groups is 7. The summed E-state index contributed by atoms with van der Waals surface area (Å²) >= 11 is 0. The van der Waals surface area contributed by atoms with Gasteiger partial charge in [0.25, 0.3) is 15.9 Å². The Kier molecular flexibility index (Phi) is 24.2. The number of benzene rings is 4. The van der Waals surface area contributed by atoms with Crippen molar-refractivity contribution >= 4 is 61.4 Å². The molecule has 0 aromatic heterocycles. The third kappa shape index (κ3) is 17.9. The summed E-state index contributed by atoms with van der Waals surface area (Å²) in [6.07, 6.45) is 2.16. The smallest absolute Gasteiger partial charge is 0.309 e. The summed E-state index contributed by atoms with van der Waals surface area (Å²) < 4.78 is 86.2. The van der Waals surface area contributed by atoms with Crippen molar-refractivity contribution < 1.29 is 59.2 Å². The molecule has 0 radical (unpaired) electrons. The second-order valence-corrected chi connectivity index (χ2v) is 24.4. The van der Waals surface area contributed by atoms with Gasteiger partial charge in [-0.2, -0.15) is 4.31 Å². The Labute approximate surface area is 484 Å². The largest absolute Gasteiger partial charge is 0.348 e. The number of hydrogen-bond acceptors (Lipinski definition) is 13. The Morgan fingerprint density at radius 2 is 1.01 bits per heavy atom. The first-order valence-corrected chi connectivity index (χ1v) is 30.8. The van der Waals surface area contributed by atoms with E-state index in [0.29, 0.717) is 30.0 Å². The fourth-order valence-corrected chi connectivity index (χ4v) is 12.8. The standard InChI is InChI=1S/C58H76F2N10O11S2/c1-40(61-3)52(71)65-49(56(75)68-35-13-19-46(68)39-67(37-31-42-15-7-5-8-16-42)82(78,79)47-27-23-44(59)24-28-47)20-11-33-63-54(73)55(74)64-34-12-21-50(66-53(72)41(2)62-4)57(76)69-36-14-22-51(69)58(77)70(38-32-43-17-9-6-10-18-43)83(80,81)48-29-25-45(60)26-30-48/h5-10,15-18,23-30,40-41,46,49-51,61-62H,11-14,19-22,31-39H2,1-4H3,(H,63,73)(H,64,74)(H,65,71)(H,66,72)/t40-,41-,46-,49-,50-,51-/m0/s1. The molecule has 2 heterocycles. The van der Waals surface area contributed by atoms with E-state index in [4.69, 9.17) is 0 Å². The summed E-state index contributed by atoms with van der Waals surface area (Å²) in [5, 5.41) is 16.2. The van der Waals surface area contributed by atoms with Crippen LogP contribution in [0.4, 0.5) is 8.78 Å². The van der Waals surface area contributed by atoms with Gasteiger partial charge < -0.3 is 41.7 Å². The van der Waals surface area contributed by atoms with Crippen molar-refractivity contribution in [2.24, 2.45) is 0 Å². The van der Waals surface area contributed by atoms with Gasteiger partial charge in [-0.3, -0.25) is 33.6 Å². The first-order chi connectivity index (χ1) is 39.7. The molecule has 2 aliphatic rings. The van der Waals surface area contributed by atoms with E-state index in [9.17, 15) is 59.2 Å². The molecule has 7 amide bonds. The quantitative estimate of drug-likeness (QED) is 0.0338. The van der Waals surface area contributed by atoms with E-state index in [1.165, 1.54) is 21.3 Å². The molecule has 0 unspecified atom stereocenters. The molecule has 6 atom stereocenters. The van der Waals surface area contributed by atoms with Gasteiger partial charge in [-0.15, -0.1) is 0 Å². The number of rotatable bonds is 29. The Morgan fingerprint density at radius 3 is 1.49 bits per heavy atom. The number of nitrogens with zero attached hydrogens (tertiary/aromatic N) is 4. The van der Waals surface area contributed by atoms with Crippen LogP contribution < -0.4 is 31.9 Å². The maximum atomic E-state index is 14.5. The van der Waals surface area contributed by atoms with Crippen LogP contribution in [0.25, 0.3) is 0 Å². The molecule has 21 nitrogen and oxygen atoms in total. The topological polar surface area (TPSA) is 273 Å². The van der Waals surface area contributed by atoms with Crippen LogP contribution in [0.15, 0.2) is 119 Å². The van der Waals surface area contributed by atoms with Crippen molar-refractivity contribution in [3.05, 3.63) is 132 Å². The summed E-state index contributed by atoms with van der Waals surface area (Å²) in [5.74, 6) is -6.29. The van der Waals surface area contributed by atoms with Gasteiger partial charge in [0.2, 0.25) is 33.7 Å². The lowest BCUT2D eigenvalue weighted by atomic mass is 10.1. The molecule has 0 saturated carbocycles. The van der Waals surface area contributed by atoms with Crippen molar-refractivity contribution in [1.29, 1.82) is 0 Å². The average molecular weight is 1190 g/mol. The minimum Gasteiger partial charge on any atom is -0.348 e. The minimum atomic E-state index is -4.54. The molecule has 6 rings (SSSR count). The summed E-state index contributed by atoms with van der Waals surface area (Å²) in [4.78, 5) is 98.4. The fourth-order valence-electron chi connectivity index (χ4n) is 9.87. The number of likely N-dealkylation sites (N-methyl/N-ethyl adjacent to an activating group) is 2. The highest BCUT2D eigenvalue weighted by atomic mass is 32.2. The van der Waals surface area contributed by atoms with E-state index in [1.807, 2.05) is 30.3 Å². The highest BCUT2D eigenvalue weighted by Crippen LogP contribution is 2.27. The van der Waals surface area contributed by atoms with Crippen molar-refractivity contribution in [2.45, 2.75) is 124 Å². The van der Waals surface area contributed by atoms with E-state index >= 15 is 0 Å². The van der Waals surface area contributed by atoms with Gasteiger partial charge in [0, 0.05) is 51.9 Å². The number of likely N-dealkylation sites (tertiary alicyclic amines) is 2. The number of sulfonamides is 2. The molecule has 0 spiro atoms. The van der Waals surface area contributed by atoms with E-state index in [0.717, 1.165) is 47.5 Å². The van der Waals surface area contributed by atoms with E-state index in [2.05, 4.69) is 31.9 Å². The molecule has 2 saturated heterocycles. The predicted molar refractivity (Wildman–Crippen MR) is 306 cm³/mol.